The number of nitrogens with zero attached hydrogens (tertiary/aromatic N) is 4. The molecule has 0 saturated carbocycles. The van der Waals surface area contributed by atoms with E-state index in [1.165, 1.54) is 0 Å². The molecule has 1 N–H and O–H groups in total. The van der Waals surface area contributed by atoms with Gasteiger partial charge in [0.05, 0.1) is 19.5 Å². The monoisotopic (exact) mass is 622 g/mol. The number of hydrogen-bond donors (Lipinski definition) is 1. The molecule has 0 aliphatic carbocycles. The fourth-order valence-electron chi connectivity index (χ4n) is 6.34. The van der Waals surface area contributed by atoms with Crippen LogP contribution >= 0.6 is 0 Å². The van der Waals surface area contributed by atoms with E-state index in [4.69, 9.17) is 32.4 Å². The van der Waals surface area contributed by atoms with Crippen molar-refractivity contribution in [2.45, 2.75) is 136 Å². The highest BCUT2D eigenvalue weighted by Gasteiger charge is 2.61. The standard InChI is InChI=1S/C30H54N4O6Si2/c1-13-36-29-25-28(32-24(33-29)14-22(12)17(2)3)34(16-31-25)30-26(35)27-23(38-30)15-37-41(18(4)5,19(6)7)40-42(39-27,20(8)9)21(10)11/h16-23,26-27,30,35H,13-15H2,1-12H3/t22?,23-,26-,27-,30-/m1/s1. The predicted molar refractivity (Wildman–Crippen MR) is 168 cm³/mol. The lowest BCUT2D eigenvalue weighted by molar-refractivity contribution is -0.0570. The van der Waals surface area contributed by atoms with Crippen molar-refractivity contribution in [3.8, 4) is 5.88 Å². The molecule has 1 unspecified atom stereocenters. The second-order valence-electron chi connectivity index (χ2n) is 13.7. The Labute approximate surface area is 254 Å². The summed E-state index contributed by atoms with van der Waals surface area (Å²) in [5.74, 6) is 2.02. The van der Waals surface area contributed by atoms with Gasteiger partial charge in [-0.1, -0.05) is 76.2 Å². The Hall–Kier alpha value is -1.42. The van der Waals surface area contributed by atoms with E-state index in [9.17, 15) is 5.11 Å². The molecule has 5 atom stereocenters. The largest absolute Gasteiger partial charge is 0.476 e. The Morgan fingerprint density at radius 2 is 1.57 bits per heavy atom. The molecule has 2 aromatic heterocycles. The summed E-state index contributed by atoms with van der Waals surface area (Å²) < 4.78 is 35.6. The number of rotatable bonds is 10. The van der Waals surface area contributed by atoms with E-state index in [2.05, 4.69) is 81.1 Å². The van der Waals surface area contributed by atoms with Crippen LogP contribution in [0.2, 0.25) is 22.2 Å². The number of aromatic nitrogens is 4. The van der Waals surface area contributed by atoms with Crippen molar-refractivity contribution in [1.29, 1.82) is 0 Å². The number of hydrogen-bond acceptors (Lipinski definition) is 9. The maximum atomic E-state index is 11.9. The lowest BCUT2D eigenvalue weighted by Gasteiger charge is -2.51. The average Bonchev–Trinajstić information content (AvgIpc) is 3.44. The van der Waals surface area contributed by atoms with Gasteiger partial charge in [0.15, 0.2) is 17.4 Å². The van der Waals surface area contributed by atoms with Crippen LogP contribution in [0.1, 0.15) is 95.1 Å². The van der Waals surface area contributed by atoms with Crippen molar-refractivity contribution in [2.24, 2.45) is 11.8 Å². The van der Waals surface area contributed by atoms with Crippen molar-refractivity contribution in [2.75, 3.05) is 13.2 Å². The van der Waals surface area contributed by atoms with Crippen LogP contribution in [0.15, 0.2) is 6.33 Å². The molecule has 2 aliphatic heterocycles. The van der Waals surface area contributed by atoms with Crippen LogP contribution in [0.4, 0.5) is 0 Å². The topological polar surface area (TPSA) is 110 Å². The number of imidazole rings is 1. The second kappa shape index (κ2) is 12.9. The summed E-state index contributed by atoms with van der Waals surface area (Å²) in [6.45, 7) is 26.8. The minimum absolute atomic E-state index is 0.150. The molecule has 2 saturated heterocycles. The Balaban J connectivity index is 1.78. The third-order valence-corrected chi connectivity index (χ3v) is 19.5. The van der Waals surface area contributed by atoms with Gasteiger partial charge in [0.2, 0.25) is 5.88 Å². The molecule has 238 valence electrons. The first kappa shape index (κ1) is 33.5. The summed E-state index contributed by atoms with van der Waals surface area (Å²) in [7, 11) is -5.63. The van der Waals surface area contributed by atoms with E-state index < -0.39 is 41.7 Å². The third-order valence-electron chi connectivity index (χ3n) is 9.27. The fraction of sp³-hybridized carbons (Fsp3) is 0.833. The number of fused-ring (bicyclic) bond motifs is 2. The molecular formula is C30H54N4O6Si2. The zero-order valence-electron chi connectivity index (χ0n) is 27.7. The van der Waals surface area contributed by atoms with Gasteiger partial charge in [-0.3, -0.25) is 4.57 Å². The highest BCUT2D eigenvalue weighted by molar-refractivity contribution is 6.84. The van der Waals surface area contributed by atoms with Gasteiger partial charge in [0, 0.05) is 6.42 Å². The molecule has 0 radical (unpaired) electrons. The molecule has 4 heterocycles. The Morgan fingerprint density at radius 3 is 2.12 bits per heavy atom. The number of aliphatic hydroxyl groups is 1. The maximum absolute atomic E-state index is 11.9. The Kier molecular flexibility index (Phi) is 10.3. The molecular weight excluding hydrogens is 569 g/mol. The molecule has 4 rings (SSSR count). The van der Waals surface area contributed by atoms with Crippen LogP contribution in [0.25, 0.3) is 11.2 Å². The molecule has 0 spiro atoms. The van der Waals surface area contributed by atoms with Crippen LogP contribution in [0.5, 0.6) is 5.88 Å². The molecule has 0 bridgehead atoms. The van der Waals surface area contributed by atoms with E-state index in [-0.39, 0.29) is 22.2 Å². The van der Waals surface area contributed by atoms with Gasteiger partial charge in [0.1, 0.15) is 24.1 Å². The SMILES string of the molecule is CCOc1nc(CC(C)C(C)C)nc2c1ncn2[C@@H]1O[C@@H]2CO[Si](C(C)C)(C(C)C)O[Si](C(C)C)(C(C)C)O[C@H]2[C@H]1O. The van der Waals surface area contributed by atoms with E-state index in [0.29, 0.717) is 54.3 Å². The third kappa shape index (κ3) is 5.97. The molecule has 12 heteroatoms. The second-order valence-corrected chi connectivity index (χ2v) is 22.6. The highest BCUT2D eigenvalue weighted by atomic mass is 28.5. The fourth-order valence-corrected chi connectivity index (χ4v) is 17.6. The summed E-state index contributed by atoms with van der Waals surface area (Å²) >= 11 is 0. The Morgan fingerprint density at radius 1 is 0.952 bits per heavy atom. The van der Waals surface area contributed by atoms with E-state index in [0.717, 1.165) is 0 Å². The predicted octanol–water partition coefficient (Wildman–Crippen LogP) is 6.27. The Bertz CT molecular complexity index is 1190. The quantitative estimate of drug-likeness (QED) is 0.306. The summed E-state index contributed by atoms with van der Waals surface area (Å²) in [6.07, 6.45) is -0.428. The summed E-state index contributed by atoms with van der Waals surface area (Å²) in [5, 5.41) is 11.9. The van der Waals surface area contributed by atoms with Crippen LogP contribution in [-0.2, 0) is 24.1 Å². The molecule has 0 aromatic carbocycles. The number of ether oxygens (including phenoxy) is 2. The van der Waals surface area contributed by atoms with Crippen molar-refractivity contribution in [1.82, 2.24) is 19.5 Å². The molecule has 2 fully saturated rings. The van der Waals surface area contributed by atoms with E-state index in [1.54, 1.807) is 6.33 Å². The van der Waals surface area contributed by atoms with Gasteiger partial charge in [-0.15, -0.1) is 0 Å². The lowest BCUT2D eigenvalue weighted by Crippen LogP contribution is -2.65. The lowest BCUT2D eigenvalue weighted by atomic mass is 9.94. The first-order valence-corrected chi connectivity index (χ1v) is 19.8. The minimum Gasteiger partial charge on any atom is -0.476 e. The van der Waals surface area contributed by atoms with Crippen LogP contribution in [0, 0.1) is 11.8 Å². The van der Waals surface area contributed by atoms with Crippen LogP contribution in [-0.4, -0.2) is 73.3 Å². The van der Waals surface area contributed by atoms with Crippen LogP contribution < -0.4 is 4.74 Å². The van der Waals surface area contributed by atoms with Crippen molar-refractivity contribution < 1.29 is 27.5 Å². The minimum atomic E-state index is -2.91. The normalized spacial score (nSPS) is 26.8. The van der Waals surface area contributed by atoms with Gasteiger partial charge < -0.3 is 27.5 Å². The van der Waals surface area contributed by atoms with Gasteiger partial charge in [0.25, 0.3) is 0 Å². The summed E-state index contributed by atoms with van der Waals surface area (Å²) in [6, 6.07) is 0. The molecule has 42 heavy (non-hydrogen) atoms. The van der Waals surface area contributed by atoms with Crippen molar-refractivity contribution in [3.05, 3.63) is 12.2 Å². The van der Waals surface area contributed by atoms with Gasteiger partial charge in [-0.05, 0) is 40.9 Å². The molecule has 2 aromatic rings. The van der Waals surface area contributed by atoms with Gasteiger partial charge in [-0.2, -0.15) is 4.98 Å². The maximum Gasteiger partial charge on any atom is 0.335 e. The first-order chi connectivity index (χ1) is 19.7. The van der Waals surface area contributed by atoms with E-state index >= 15 is 0 Å². The smallest absolute Gasteiger partial charge is 0.335 e. The van der Waals surface area contributed by atoms with Gasteiger partial charge >= 0.3 is 17.1 Å². The highest BCUT2D eigenvalue weighted by Crippen LogP contribution is 2.48. The summed E-state index contributed by atoms with van der Waals surface area (Å²) in [4.78, 5) is 14.3. The van der Waals surface area contributed by atoms with Crippen LogP contribution in [0.3, 0.4) is 0 Å². The zero-order chi connectivity index (χ0) is 31.1. The van der Waals surface area contributed by atoms with Crippen molar-refractivity contribution >= 4 is 28.3 Å². The molecule has 0 amide bonds. The average molecular weight is 623 g/mol. The van der Waals surface area contributed by atoms with Gasteiger partial charge in [-0.25, -0.2) is 9.97 Å². The first-order valence-electron chi connectivity index (χ1n) is 15.9. The molecule has 10 nitrogen and oxygen atoms in total. The zero-order valence-corrected chi connectivity index (χ0v) is 29.7. The van der Waals surface area contributed by atoms with Crippen molar-refractivity contribution in [3.63, 3.8) is 0 Å². The summed E-state index contributed by atoms with van der Waals surface area (Å²) in [5.41, 5.74) is 1.88. The van der Waals surface area contributed by atoms with E-state index in [1.807, 2.05) is 11.5 Å². The molecule has 2 aliphatic rings. The number of aliphatic hydroxyl groups excluding tert-OH is 1.